The zero-order valence-electron chi connectivity index (χ0n) is 14.2. The third-order valence-electron chi connectivity index (χ3n) is 3.72. The third-order valence-corrected chi connectivity index (χ3v) is 5.92. The van der Waals surface area contributed by atoms with Gasteiger partial charge in [-0.3, -0.25) is 4.79 Å². The van der Waals surface area contributed by atoms with Gasteiger partial charge >= 0.3 is 5.97 Å². The number of thiophene rings is 1. The Labute approximate surface area is 173 Å². The van der Waals surface area contributed by atoms with Gasteiger partial charge in [0.05, 0.1) is 27.1 Å². The second-order valence-corrected chi connectivity index (χ2v) is 7.76. The number of aromatic nitrogens is 2. The highest BCUT2D eigenvalue weighted by molar-refractivity contribution is 7.20. The number of halogens is 3. The van der Waals surface area contributed by atoms with Gasteiger partial charge in [0, 0.05) is 0 Å². The summed E-state index contributed by atoms with van der Waals surface area (Å²) >= 11 is 19.3. The molecule has 3 aromatic rings. The van der Waals surface area contributed by atoms with E-state index >= 15 is 0 Å². The van der Waals surface area contributed by atoms with Crippen LogP contribution in [0.1, 0.15) is 33.5 Å². The molecule has 0 aliphatic heterocycles. The lowest BCUT2D eigenvalue weighted by Gasteiger charge is -2.02. The summed E-state index contributed by atoms with van der Waals surface area (Å²) in [5.74, 6) is -0.284. The largest absolute Gasteiger partial charge is 0.462 e. The molecule has 27 heavy (non-hydrogen) atoms. The molecule has 140 valence electrons. The van der Waals surface area contributed by atoms with Crippen molar-refractivity contribution in [3.63, 3.8) is 0 Å². The number of carbonyl (C=O) groups is 1. The standard InChI is InChI=1S/C18H13Cl3N2O3S/c1-3-26-18(25)14-8(2)13-16(24)22-15(23-17(13)27-14)12(21)7-9-4-5-10(19)11(20)6-9/h4-7H,3H2,1-2H3,(H,22,23,24)/b12-7-. The molecular weight excluding hydrogens is 431 g/mol. The third kappa shape index (κ3) is 4.04. The average molecular weight is 444 g/mol. The minimum absolute atomic E-state index is 0.192. The number of ether oxygens (including phenoxy) is 1. The maximum absolute atomic E-state index is 12.5. The van der Waals surface area contributed by atoms with Crippen LogP contribution in [-0.4, -0.2) is 22.5 Å². The number of nitrogens with one attached hydrogen (secondary N) is 1. The summed E-state index contributed by atoms with van der Waals surface area (Å²) in [5.41, 5.74) is 0.866. The van der Waals surface area contributed by atoms with Gasteiger partial charge in [-0.25, -0.2) is 9.78 Å². The zero-order chi connectivity index (χ0) is 19.7. The van der Waals surface area contributed by atoms with E-state index in [4.69, 9.17) is 39.5 Å². The molecule has 0 atom stereocenters. The highest BCUT2D eigenvalue weighted by Gasteiger charge is 2.20. The number of benzene rings is 1. The highest BCUT2D eigenvalue weighted by atomic mass is 35.5. The number of hydrogen-bond acceptors (Lipinski definition) is 5. The van der Waals surface area contributed by atoms with E-state index in [-0.39, 0.29) is 23.0 Å². The van der Waals surface area contributed by atoms with Crippen molar-refractivity contribution in [1.29, 1.82) is 0 Å². The van der Waals surface area contributed by atoms with Crippen molar-refractivity contribution >= 4 is 73.4 Å². The van der Waals surface area contributed by atoms with Gasteiger partial charge in [0.15, 0.2) is 5.82 Å². The number of H-pyrrole nitrogens is 1. The molecular formula is C18H13Cl3N2O3S. The van der Waals surface area contributed by atoms with Crippen LogP contribution in [0.15, 0.2) is 23.0 Å². The maximum atomic E-state index is 12.5. The van der Waals surface area contributed by atoms with Crippen LogP contribution in [0, 0.1) is 6.92 Å². The van der Waals surface area contributed by atoms with Crippen LogP contribution in [0.3, 0.4) is 0 Å². The smallest absolute Gasteiger partial charge is 0.348 e. The number of carbonyl (C=O) groups excluding carboxylic acids is 1. The van der Waals surface area contributed by atoms with E-state index in [1.165, 1.54) is 0 Å². The Bertz CT molecular complexity index is 1130. The predicted octanol–water partition coefficient (Wildman–Crippen LogP) is 5.51. The first-order valence-corrected chi connectivity index (χ1v) is 9.80. The van der Waals surface area contributed by atoms with Crippen LogP contribution in [0.25, 0.3) is 21.3 Å². The van der Waals surface area contributed by atoms with Gasteiger partial charge in [0.2, 0.25) is 0 Å². The number of rotatable bonds is 4. The lowest BCUT2D eigenvalue weighted by molar-refractivity contribution is 0.0531. The van der Waals surface area contributed by atoms with Gasteiger partial charge < -0.3 is 9.72 Å². The second kappa shape index (κ2) is 8.02. The first-order chi connectivity index (χ1) is 12.8. The van der Waals surface area contributed by atoms with Gasteiger partial charge in [0.25, 0.3) is 5.56 Å². The molecule has 0 bridgehead atoms. The van der Waals surface area contributed by atoms with Crippen molar-refractivity contribution in [2.24, 2.45) is 0 Å². The Morgan fingerprint density at radius 2 is 2.07 bits per heavy atom. The first kappa shape index (κ1) is 19.9. The van der Waals surface area contributed by atoms with E-state index in [1.807, 2.05) is 0 Å². The summed E-state index contributed by atoms with van der Waals surface area (Å²) in [6.45, 7) is 3.66. The Morgan fingerprint density at radius 3 is 2.74 bits per heavy atom. The fraction of sp³-hybridized carbons (Fsp3) is 0.167. The molecule has 0 saturated heterocycles. The van der Waals surface area contributed by atoms with Crippen molar-refractivity contribution in [3.05, 3.63) is 60.4 Å². The van der Waals surface area contributed by atoms with Crippen molar-refractivity contribution in [2.45, 2.75) is 13.8 Å². The van der Waals surface area contributed by atoms with Gasteiger partial charge in [-0.1, -0.05) is 40.9 Å². The van der Waals surface area contributed by atoms with Crippen molar-refractivity contribution in [3.8, 4) is 0 Å². The highest BCUT2D eigenvalue weighted by Crippen LogP contribution is 2.30. The predicted molar refractivity (Wildman–Crippen MR) is 111 cm³/mol. The topological polar surface area (TPSA) is 72.0 Å². The molecule has 0 spiro atoms. The SMILES string of the molecule is CCOC(=O)c1sc2nc(/C(Cl)=C/c3ccc(Cl)c(Cl)c3)[nH]c(=O)c2c1C. The van der Waals surface area contributed by atoms with Gasteiger partial charge in [-0.2, -0.15) is 0 Å². The summed E-state index contributed by atoms with van der Waals surface area (Å²) in [6.07, 6.45) is 1.61. The van der Waals surface area contributed by atoms with Crippen LogP contribution in [0.4, 0.5) is 0 Å². The summed E-state index contributed by atoms with van der Waals surface area (Å²) in [7, 11) is 0. The summed E-state index contributed by atoms with van der Waals surface area (Å²) in [6, 6.07) is 5.03. The average Bonchev–Trinajstić information content (AvgIpc) is 2.95. The molecule has 0 fully saturated rings. The van der Waals surface area contributed by atoms with Crippen LogP contribution in [0.5, 0.6) is 0 Å². The van der Waals surface area contributed by atoms with E-state index in [0.29, 0.717) is 36.3 Å². The molecule has 1 aromatic carbocycles. The zero-order valence-corrected chi connectivity index (χ0v) is 17.3. The number of fused-ring (bicyclic) bond motifs is 1. The van der Waals surface area contributed by atoms with Crippen molar-refractivity contribution < 1.29 is 9.53 Å². The summed E-state index contributed by atoms with van der Waals surface area (Å²) in [4.78, 5) is 32.4. The Kier molecular flexibility index (Phi) is 5.91. The molecule has 0 aliphatic carbocycles. The molecule has 0 radical (unpaired) electrons. The fourth-order valence-corrected chi connectivity index (χ4v) is 4.06. The molecule has 0 amide bonds. The quantitative estimate of drug-likeness (QED) is 0.539. The number of hydrogen-bond donors (Lipinski definition) is 1. The molecule has 3 rings (SSSR count). The molecule has 5 nitrogen and oxygen atoms in total. The minimum Gasteiger partial charge on any atom is -0.462 e. The molecule has 0 saturated carbocycles. The van der Waals surface area contributed by atoms with E-state index in [2.05, 4.69) is 9.97 Å². The van der Waals surface area contributed by atoms with Gasteiger partial charge in [-0.15, -0.1) is 11.3 Å². The molecule has 0 aliphatic rings. The van der Waals surface area contributed by atoms with Crippen LogP contribution in [0.2, 0.25) is 10.0 Å². The molecule has 2 aromatic heterocycles. The normalized spacial score (nSPS) is 11.8. The lowest BCUT2D eigenvalue weighted by atomic mass is 10.2. The number of esters is 1. The van der Waals surface area contributed by atoms with Crippen LogP contribution >= 0.6 is 46.1 Å². The molecule has 9 heteroatoms. The van der Waals surface area contributed by atoms with E-state index in [0.717, 1.165) is 11.3 Å². The Balaban J connectivity index is 2.07. The fourth-order valence-electron chi connectivity index (χ4n) is 2.47. The molecule has 1 N–H and O–H groups in total. The van der Waals surface area contributed by atoms with E-state index in [1.54, 1.807) is 38.1 Å². The van der Waals surface area contributed by atoms with Gasteiger partial charge in [0.1, 0.15) is 9.71 Å². The van der Waals surface area contributed by atoms with Crippen LogP contribution in [-0.2, 0) is 4.74 Å². The Hall–Kier alpha value is -1.86. The van der Waals surface area contributed by atoms with Crippen molar-refractivity contribution in [1.82, 2.24) is 9.97 Å². The number of nitrogens with zero attached hydrogens (tertiary/aromatic N) is 1. The number of aryl methyl sites for hydroxylation is 1. The molecule has 2 heterocycles. The lowest BCUT2D eigenvalue weighted by Crippen LogP contribution is -2.10. The Morgan fingerprint density at radius 1 is 1.33 bits per heavy atom. The van der Waals surface area contributed by atoms with Gasteiger partial charge in [-0.05, 0) is 43.2 Å². The number of aromatic amines is 1. The molecule has 0 unspecified atom stereocenters. The van der Waals surface area contributed by atoms with E-state index < -0.39 is 5.97 Å². The first-order valence-electron chi connectivity index (χ1n) is 7.85. The summed E-state index contributed by atoms with van der Waals surface area (Å²) < 4.78 is 5.03. The maximum Gasteiger partial charge on any atom is 0.348 e. The monoisotopic (exact) mass is 442 g/mol. The van der Waals surface area contributed by atoms with E-state index in [9.17, 15) is 9.59 Å². The van der Waals surface area contributed by atoms with Crippen molar-refractivity contribution in [2.75, 3.05) is 6.61 Å². The van der Waals surface area contributed by atoms with Crippen LogP contribution < -0.4 is 5.56 Å². The summed E-state index contributed by atoms with van der Waals surface area (Å²) in [5, 5.41) is 1.39. The second-order valence-electron chi connectivity index (χ2n) is 5.54. The minimum atomic E-state index is -0.476.